The normalized spacial score (nSPS) is 13.4. The molecule has 0 spiro atoms. The van der Waals surface area contributed by atoms with Gasteiger partial charge in [-0.2, -0.15) is 0 Å². The molecule has 5 heteroatoms. The zero-order valence-electron chi connectivity index (χ0n) is 12.4. The van der Waals surface area contributed by atoms with Crippen LogP contribution in [0.2, 0.25) is 0 Å². The fraction of sp³-hybridized carbons (Fsp3) is 0.533. The molecule has 0 saturated carbocycles. The van der Waals surface area contributed by atoms with Gasteiger partial charge in [0.15, 0.2) is 0 Å². The van der Waals surface area contributed by atoms with E-state index in [-0.39, 0.29) is 23.9 Å². The van der Waals surface area contributed by atoms with Gasteiger partial charge in [0.05, 0.1) is 5.75 Å². The van der Waals surface area contributed by atoms with Gasteiger partial charge in [-0.05, 0) is 31.4 Å². The molecule has 1 aromatic carbocycles. The molecule has 3 nitrogen and oxygen atoms in total. The van der Waals surface area contributed by atoms with Gasteiger partial charge in [0.2, 0.25) is 5.91 Å². The summed E-state index contributed by atoms with van der Waals surface area (Å²) in [5.41, 5.74) is 5.49. The number of thioether (sulfide) groups is 1. The highest BCUT2D eigenvalue weighted by Gasteiger charge is 2.25. The molecular formula is C15H25ClN2OS. The quantitative estimate of drug-likeness (QED) is 0.760. The largest absolute Gasteiger partial charge is 0.349 e. The van der Waals surface area contributed by atoms with Crippen LogP contribution in [0.4, 0.5) is 0 Å². The smallest absolute Gasteiger partial charge is 0.230 e. The van der Waals surface area contributed by atoms with Crippen molar-refractivity contribution in [2.24, 2.45) is 11.7 Å². The second-order valence-electron chi connectivity index (χ2n) is 5.51. The van der Waals surface area contributed by atoms with E-state index < -0.39 is 0 Å². The van der Waals surface area contributed by atoms with Crippen molar-refractivity contribution in [3.05, 3.63) is 30.3 Å². The molecule has 1 aromatic rings. The van der Waals surface area contributed by atoms with E-state index in [2.05, 4.69) is 19.2 Å². The average molecular weight is 317 g/mol. The number of amides is 1. The van der Waals surface area contributed by atoms with Crippen LogP contribution in [0, 0.1) is 5.92 Å². The van der Waals surface area contributed by atoms with Gasteiger partial charge in [-0.15, -0.1) is 24.2 Å². The number of nitrogens with two attached hydrogens (primary N) is 1. The highest BCUT2D eigenvalue weighted by molar-refractivity contribution is 8.00. The molecular weight excluding hydrogens is 292 g/mol. The summed E-state index contributed by atoms with van der Waals surface area (Å²) in [5, 5.41) is 3.06. The standard InChI is InChI=1S/C15H24N2OS.ClH/c1-12(2)9-15(3,11-16)17-14(18)10-19-13-7-5-4-6-8-13;/h4-8,12H,9-11,16H2,1-3H3,(H,17,18);1H. The first kappa shape index (κ1) is 19.3. The summed E-state index contributed by atoms with van der Waals surface area (Å²) < 4.78 is 0. The second kappa shape index (κ2) is 9.27. The Hall–Kier alpha value is -0.710. The summed E-state index contributed by atoms with van der Waals surface area (Å²) in [4.78, 5) is 13.1. The van der Waals surface area contributed by atoms with Crippen molar-refractivity contribution in [2.45, 2.75) is 37.6 Å². The van der Waals surface area contributed by atoms with Crippen LogP contribution in [0.25, 0.3) is 0 Å². The molecule has 0 bridgehead atoms. The van der Waals surface area contributed by atoms with Crippen molar-refractivity contribution >= 4 is 30.1 Å². The second-order valence-corrected chi connectivity index (χ2v) is 6.56. The third-order valence-electron chi connectivity index (χ3n) is 2.86. The molecule has 1 unspecified atom stereocenters. The predicted molar refractivity (Wildman–Crippen MR) is 89.5 cm³/mol. The molecule has 0 aliphatic heterocycles. The van der Waals surface area contributed by atoms with Gasteiger partial charge in [-0.3, -0.25) is 4.79 Å². The van der Waals surface area contributed by atoms with Crippen LogP contribution in [0.1, 0.15) is 27.2 Å². The third kappa shape index (κ3) is 7.17. The topological polar surface area (TPSA) is 55.1 Å². The van der Waals surface area contributed by atoms with Crippen molar-refractivity contribution in [2.75, 3.05) is 12.3 Å². The fourth-order valence-corrected chi connectivity index (χ4v) is 2.84. The molecule has 0 saturated heterocycles. The first-order valence-corrected chi connectivity index (χ1v) is 7.63. The molecule has 1 atom stereocenters. The Bertz CT molecular complexity index is 400. The Kier molecular flexibility index (Phi) is 8.94. The summed E-state index contributed by atoms with van der Waals surface area (Å²) in [5.74, 6) is 0.982. The summed E-state index contributed by atoms with van der Waals surface area (Å²) >= 11 is 1.55. The molecule has 0 aromatic heterocycles. The fourth-order valence-electron chi connectivity index (χ4n) is 2.12. The Morgan fingerprint density at radius 2 is 1.95 bits per heavy atom. The van der Waals surface area contributed by atoms with Crippen LogP contribution < -0.4 is 11.1 Å². The van der Waals surface area contributed by atoms with E-state index in [4.69, 9.17) is 5.73 Å². The maximum atomic E-state index is 12.0. The number of carbonyl (C=O) groups excluding carboxylic acids is 1. The predicted octanol–water partition coefficient (Wildman–Crippen LogP) is 3.08. The van der Waals surface area contributed by atoms with Crippen LogP contribution >= 0.6 is 24.2 Å². The van der Waals surface area contributed by atoms with E-state index in [0.717, 1.165) is 11.3 Å². The van der Waals surface area contributed by atoms with Crippen LogP contribution in [0.5, 0.6) is 0 Å². The van der Waals surface area contributed by atoms with E-state index in [9.17, 15) is 4.79 Å². The lowest BCUT2D eigenvalue weighted by atomic mass is 9.91. The lowest BCUT2D eigenvalue weighted by Gasteiger charge is -2.31. The van der Waals surface area contributed by atoms with Crippen LogP contribution in [0.3, 0.4) is 0 Å². The number of rotatable bonds is 7. The van der Waals surface area contributed by atoms with E-state index in [1.165, 1.54) is 0 Å². The third-order valence-corrected chi connectivity index (χ3v) is 3.88. The van der Waals surface area contributed by atoms with Gasteiger partial charge in [-0.1, -0.05) is 32.0 Å². The molecule has 20 heavy (non-hydrogen) atoms. The highest BCUT2D eigenvalue weighted by Crippen LogP contribution is 2.18. The minimum atomic E-state index is -0.303. The van der Waals surface area contributed by atoms with Crippen molar-refractivity contribution in [3.63, 3.8) is 0 Å². The van der Waals surface area contributed by atoms with Crippen molar-refractivity contribution in [1.82, 2.24) is 5.32 Å². The lowest BCUT2D eigenvalue weighted by Crippen LogP contribution is -2.52. The number of carbonyl (C=O) groups is 1. The minimum Gasteiger partial charge on any atom is -0.349 e. The van der Waals surface area contributed by atoms with Crippen molar-refractivity contribution in [1.29, 1.82) is 0 Å². The lowest BCUT2D eigenvalue weighted by molar-refractivity contribution is -0.120. The van der Waals surface area contributed by atoms with Gasteiger partial charge in [-0.25, -0.2) is 0 Å². The summed E-state index contributed by atoms with van der Waals surface area (Å²) in [6, 6.07) is 9.94. The molecule has 1 rings (SSSR count). The highest BCUT2D eigenvalue weighted by atomic mass is 35.5. The van der Waals surface area contributed by atoms with Gasteiger partial charge >= 0.3 is 0 Å². The molecule has 0 radical (unpaired) electrons. The van der Waals surface area contributed by atoms with E-state index >= 15 is 0 Å². The maximum Gasteiger partial charge on any atom is 0.230 e. The van der Waals surface area contributed by atoms with Crippen molar-refractivity contribution < 1.29 is 4.79 Å². The molecule has 0 heterocycles. The first-order chi connectivity index (χ1) is 8.95. The number of halogens is 1. The number of hydrogen-bond donors (Lipinski definition) is 2. The van der Waals surface area contributed by atoms with Gasteiger partial charge in [0.25, 0.3) is 0 Å². The molecule has 0 aliphatic rings. The van der Waals surface area contributed by atoms with Crippen LogP contribution in [0.15, 0.2) is 35.2 Å². The number of hydrogen-bond acceptors (Lipinski definition) is 3. The monoisotopic (exact) mass is 316 g/mol. The number of nitrogens with one attached hydrogen (secondary N) is 1. The van der Waals surface area contributed by atoms with Gasteiger partial charge < -0.3 is 11.1 Å². The van der Waals surface area contributed by atoms with Crippen LogP contribution in [-0.4, -0.2) is 23.7 Å². The van der Waals surface area contributed by atoms with E-state index in [1.807, 2.05) is 37.3 Å². The zero-order valence-corrected chi connectivity index (χ0v) is 14.0. The molecule has 3 N–H and O–H groups in total. The molecule has 1 amide bonds. The van der Waals surface area contributed by atoms with Crippen molar-refractivity contribution in [3.8, 4) is 0 Å². The maximum absolute atomic E-state index is 12.0. The molecule has 114 valence electrons. The summed E-state index contributed by atoms with van der Waals surface area (Å²) in [6.45, 7) is 6.75. The van der Waals surface area contributed by atoms with Gasteiger partial charge in [0.1, 0.15) is 0 Å². The molecule has 0 fully saturated rings. The number of benzene rings is 1. The molecule has 0 aliphatic carbocycles. The Morgan fingerprint density at radius 3 is 2.45 bits per heavy atom. The summed E-state index contributed by atoms with van der Waals surface area (Å²) in [6.07, 6.45) is 0.894. The first-order valence-electron chi connectivity index (χ1n) is 6.64. The Balaban J connectivity index is 0.00000361. The van der Waals surface area contributed by atoms with E-state index in [1.54, 1.807) is 11.8 Å². The Labute approximate surface area is 132 Å². The minimum absolute atomic E-state index is 0. The SMILES string of the molecule is CC(C)CC(C)(CN)NC(=O)CSc1ccccc1.Cl. The van der Waals surface area contributed by atoms with E-state index in [0.29, 0.717) is 18.2 Å². The average Bonchev–Trinajstić information content (AvgIpc) is 2.36. The summed E-state index contributed by atoms with van der Waals surface area (Å²) in [7, 11) is 0. The zero-order chi connectivity index (χ0) is 14.3. The Morgan fingerprint density at radius 1 is 1.35 bits per heavy atom. The van der Waals surface area contributed by atoms with Gasteiger partial charge in [0, 0.05) is 17.0 Å². The van der Waals surface area contributed by atoms with Crippen LogP contribution in [-0.2, 0) is 4.79 Å².